The second-order valence-corrected chi connectivity index (χ2v) is 9.56. The molecule has 3 fully saturated rings. The lowest BCUT2D eigenvalue weighted by Crippen LogP contribution is -2.31. The monoisotopic (exact) mass is 411 g/mol. The first kappa shape index (κ1) is 19.8. The third kappa shape index (κ3) is 3.18. The number of ether oxygens (including phenoxy) is 1. The van der Waals surface area contributed by atoms with Crippen molar-refractivity contribution in [1.29, 1.82) is 0 Å². The molecule has 1 amide bonds. The van der Waals surface area contributed by atoms with Gasteiger partial charge in [0.2, 0.25) is 0 Å². The van der Waals surface area contributed by atoms with E-state index in [0.717, 1.165) is 42.4 Å². The van der Waals surface area contributed by atoms with E-state index >= 15 is 0 Å². The number of rotatable bonds is 6. The number of likely N-dealkylation sites (tertiary alicyclic amines) is 1. The van der Waals surface area contributed by atoms with Crippen molar-refractivity contribution in [3.05, 3.63) is 35.2 Å². The van der Waals surface area contributed by atoms with Gasteiger partial charge in [-0.1, -0.05) is 12.8 Å². The molecule has 2 aromatic rings. The first-order valence-electron chi connectivity index (χ1n) is 11.4. The van der Waals surface area contributed by atoms with E-state index in [2.05, 4.69) is 44.1 Å². The van der Waals surface area contributed by atoms with Crippen LogP contribution in [-0.4, -0.2) is 56.9 Å². The summed E-state index contributed by atoms with van der Waals surface area (Å²) in [4.78, 5) is 15.7. The molecule has 0 radical (unpaired) electrons. The van der Waals surface area contributed by atoms with Gasteiger partial charge in [-0.2, -0.15) is 0 Å². The Kier molecular flexibility index (Phi) is 4.96. The second kappa shape index (κ2) is 7.52. The van der Waals surface area contributed by atoms with Crippen molar-refractivity contribution in [1.82, 2.24) is 24.2 Å². The van der Waals surface area contributed by atoms with Crippen LogP contribution in [0.2, 0.25) is 0 Å². The zero-order valence-corrected chi connectivity index (χ0v) is 18.4. The van der Waals surface area contributed by atoms with E-state index in [1.165, 1.54) is 38.5 Å². The molecule has 2 aliphatic carbocycles. The topological polar surface area (TPSA) is 65.2 Å². The maximum atomic E-state index is 13.6. The Labute approximate surface area is 178 Å². The van der Waals surface area contributed by atoms with Crippen LogP contribution >= 0.6 is 0 Å². The number of hydrogen-bond acceptors (Lipinski definition) is 4. The van der Waals surface area contributed by atoms with Crippen molar-refractivity contribution >= 4 is 5.91 Å². The van der Waals surface area contributed by atoms with Crippen molar-refractivity contribution in [2.24, 2.45) is 5.41 Å². The maximum Gasteiger partial charge on any atom is 0.255 e. The van der Waals surface area contributed by atoms with E-state index in [1.807, 2.05) is 6.33 Å². The quantitative estimate of drug-likeness (QED) is 0.730. The molecule has 1 atom stereocenters. The molecule has 7 heteroatoms. The van der Waals surface area contributed by atoms with Crippen LogP contribution < -0.4 is 0 Å². The summed E-state index contributed by atoms with van der Waals surface area (Å²) in [5, 5.41) is 8.83. The first-order valence-corrected chi connectivity index (χ1v) is 11.4. The lowest BCUT2D eigenvalue weighted by atomic mass is 9.76. The molecular formula is C23H33N5O2. The fraction of sp³-hybridized carbons (Fsp3) is 0.696. The lowest BCUT2D eigenvalue weighted by molar-refractivity contribution is 0.0772. The summed E-state index contributed by atoms with van der Waals surface area (Å²) in [7, 11) is 1.71. The van der Waals surface area contributed by atoms with Gasteiger partial charge in [-0.05, 0) is 51.0 Å². The van der Waals surface area contributed by atoms with Gasteiger partial charge in [-0.25, -0.2) is 0 Å². The van der Waals surface area contributed by atoms with Crippen LogP contribution in [0, 0.1) is 19.3 Å². The molecule has 5 rings (SSSR count). The highest BCUT2D eigenvalue weighted by Crippen LogP contribution is 2.54. The summed E-state index contributed by atoms with van der Waals surface area (Å²) in [5.74, 6) is 1.57. The molecule has 1 aliphatic heterocycles. The Hall–Kier alpha value is -2.15. The number of methoxy groups -OCH3 is 1. The minimum absolute atomic E-state index is 0.164. The number of hydrogen-bond donors (Lipinski definition) is 0. The zero-order chi connectivity index (χ0) is 20.9. The molecule has 2 aromatic heterocycles. The van der Waals surface area contributed by atoms with E-state index in [9.17, 15) is 4.79 Å². The van der Waals surface area contributed by atoms with Gasteiger partial charge < -0.3 is 18.8 Å². The summed E-state index contributed by atoms with van der Waals surface area (Å²) in [6, 6.07) is 2.62. The molecule has 3 aliphatic rings. The Morgan fingerprint density at radius 3 is 2.73 bits per heavy atom. The van der Waals surface area contributed by atoms with Gasteiger partial charge in [-0.3, -0.25) is 4.79 Å². The highest BCUT2D eigenvalue weighted by Gasteiger charge is 2.52. The molecule has 0 bridgehead atoms. The number of aryl methyl sites for hydroxylation is 1. The van der Waals surface area contributed by atoms with Gasteiger partial charge in [0.15, 0.2) is 0 Å². The number of nitrogens with zero attached hydrogens (tertiary/aromatic N) is 5. The Morgan fingerprint density at radius 2 is 2.03 bits per heavy atom. The fourth-order valence-electron chi connectivity index (χ4n) is 5.91. The van der Waals surface area contributed by atoms with Crippen molar-refractivity contribution in [2.45, 2.75) is 70.9 Å². The van der Waals surface area contributed by atoms with Gasteiger partial charge in [0, 0.05) is 50.1 Å². The van der Waals surface area contributed by atoms with Crippen LogP contribution in [0.4, 0.5) is 0 Å². The Bertz CT molecular complexity index is 936. The molecular weight excluding hydrogens is 378 g/mol. The largest absolute Gasteiger partial charge is 0.383 e. The van der Waals surface area contributed by atoms with Gasteiger partial charge in [0.25, 0.3) is 5.91 Å². The van der Waals surface area contributed by atoms with E-state index in [0.29, 0.717) is 18.6 Å². The molecule has 1 saturated heterocycles. The van der Waals surface area contributed by atoms with Crippen LogP contribution in [-0.2, 0) is 11.3 Å². The van der Waals surface area contributed by atoms with Crippen LogP contribution in [0.1, 0.15) is 78.1 Å². The van der Waals surface area contributed by atoms with E-state index in [4.69, 9.17) is 4.74 Å². The van der Waals surface area contributed by atoms with Crippen LogP contribution in [0.5, 0.6) is 0 Å². The summed E-state index contributed by atoms with van der Waals surface area (Å²) >= 11 is 0. The molecule has 1 spiro atoms. The van der Waals surface area contributed by atoms with Gasteiger partial charge in [-0.15, -0.1) is 10.2 Å². The summed E-state index contributed by atoms with van der Waals surface area (Å²) < 4.78 is 9.74. The van der Waals surface area contributed by atoms with Crippen LogP contribution in [0.25, 0.3) is 0 Å². The van der Waals surface area contributed by atoms with Crippen molar-refractivity contribution in [3.8, 4) is 0 Å². The fourth-order valence-corrected chi connectivity index (χ4v) is 5.91. The van der Waals surface area contributed by atoms with Gasteiger partial charge in [0.05, 0.1) is 12.2 Å². The number of carbonyl (C=O) groups is 1. The van der Waals surface area contributed by atoms with Crippen molar-refractivity contribution in [2.75, 3.05) is 26.8 Å². The number of aromatic nitrogens is 4. The molecule has 0 aromatic carbocycles. The SMILES string of the molecule is COCCn1c(C)cc(C(=O)N2CC(c3nncn3C3CC3)C3(CCCC3)C2)c1C. The Morgan fingerprint density at radius 1 is 1.27 bits per heavy atom. The maximum absolute atomic E-state index is 13.6. The molecule has 7 nitrogen and oxygen atoms in total. The third-order valence-corrected chi connectivity index (χ3v) is 7.71. The summed E-state index contributed by atoms with van der Waals surface area (Å²) in [5.41, 5.74) is 3.16. The molecule has 1 unspecified atom stereocenters. The minimum atomic E-state index is 0.164. The average Bonchev–Trinajstić information content (AvgIpc) is 3.10. The standard InChI is InChI=1S/C23H33N5O2/c1-16-12-19(17(2)27(16)10-11-30-3)22(29)26-13-20(23(14-26)8-4-5-9-23)21-25-24-15-28(21)18-6-7-18/h12,15,18,20H,4-11,13-14H2,1-3H3. The number of amides is 1. The first-order chi connectivity index (χ1) is 14.5. The Balaban J connectivity index is 1.43. The van der Waals surface area contributed by atoms with Crippen LogP contribution in [0.3, 0.4) is 0 Å². The zero-order valence-electron chi connectivity index (χ0n) is 18.4. The highest BCUT2D eigenvalue weighted by molar-refractivity contribution is 5.96. The van der Waals surface area contributed by atoms with Gasteiger partial charge in [0.1, 0.15) is 12.2 Å². The van der Waals surface area contributed by atoms with E-state index in [-0.39, 0.29) is 11.3 Å². The second-order valence-electron chi connectivity index (χ2n) is 9.56. The third-order valence-electron chi connectivity index (χ3n) is 7.71. The lowest BCUT2D eigenvalue weighted by Gasteiger charge is -2.29. The summed E-state index contributed by atoms with van der Waals surface area (Å²) in [6.45, 7) is 7.15. The molecule has 3 heterocycles. The van der Waals surface area contributed by atoms with E-state index < -0.39 is 0 Å². The smallest absolute Gasteiger partial charge is 0.255 e. The minimum Gasteiger partial charge on any atom is -0.383 e. The highest BCUT2D eigenvalue weighted by atomic mass is 16.5. The van der Waals surface area contributed by atoms with E-state index in [1.54, 1.807) is 7.11 Å². The average molecular weight is 412 g/mol. The predicted molar refractivity (Wildman–Crippen MR) is 114 cm³/mol. The molecule has 162 valence electrons. The van der Waals surface area contributed by atoms with Crippen LogP contribution in [0.15, 0.2) is 12.4 Å². The number of carbonyl (C=O) groups excluding carboxylic acids is 1. The molecule has 2 saturated carbocycles. The molecule has 0 N–H and O–H groups in total. The van der Waals surface area contributed by atoms with Crippen molar-refractivity contribution in [3.63, 3.8) is 0 Å². The normalized spacial score (nSPS) is 23.0. The van der Waals surface area contributed by atoms with Gasteiger partial charge >= 0.3 is 0 Å². The molecule has 30 heavy (non-hydrogen) atoms. The predicted octanol–water partition coefficient (Wildman–Crippen LogP) is 3.48. The summed E-state index contributed by atoms with van der Waals surface area (Å²) in [6.07, 6.45) is 9.23. The van der Waals surface area contributed by atoms with Crippen molar-refractivity contribution < 1.29 is 9.53 Å².